The molecule has 2 rings (SSSR count). The number of hydrogen-bond acceptors (Lipinski definition) is 4. The summed E-state index contributed by atoms with van der Waals surface area (Å²) in [5.41, 5.74) is 5.98. The summed E-state index contributed by atoms with van der Waals surface area (Å²) in [5, 5.41) is -0.617. The number of ether oxygens (including phenoxy) is 1. The van der Waals surface area contributed by atoms with Gasteiger partial charge in [0.05, 0.1) is 17.5 Å². The van der Waals surface area contributed by atoms with Gasteiger partial charge in [0.25, 0.3) is 0 Å². The molecule has 1 fully saturated rings. The van der Waals surface area contributed by atoms with Gasteiger partial charge in [0.15, 0.2) is 9.84 Å². The third-order valence-corrected chi connectivity index (χ3v) is 8.76. The summed E-state index contributed by atoms with van der Waals surface area (Å²) in [6.45, 7) is 19.0. The zero-order chi connectivity index (χ0) is 26.0. The first-order chi connectivity index (χ1) is 15.6. The molecule has 4 nitrogen and oxygen atoms in total. The minimum Gasteiger partial charge on any atom is -0.365 e. The molecule has 0 aromatic heterocycles. The molecule has 1 aromatic carbocycles. The number of hydrogen-bond donors (Lipinski definition) is 0. The van der Waals surface area contributed by atoms with Crippen molar-refractivity contribution >= 4 is 15.6 Å². The van der Waals surface area contributed by atoms with E-state index in [0.29, 0.717) is 24.2 Å². The van der Waals surface area contributed by atoms with Crippen LogP contribution < -0.4 is 0 Å². The Morgan fingerprint density at radius 2 is 1.50 bits per heavy atom. The summed E-state index contributed by atoms with van der Waals surface area (Å²) in [7, 11) is -3.21. The molecule has 34 heavy (non-hydrogen) atoms. The summed E-state index contributed by atoms with van der Waals surface area (Å²) in [4.78, 5) is 12.8. The molecule has 1 aliphatic carbocycles. The molecule has 4 atom stereocenters. The van der Waals surface area contributed by atoms with Gasteiger partial charge in [0.1, 0.15) is 5.78 Å². The largest absolute Gasteiger partial charge is 0.365 e. The molecule has 1 saturated carbocycles. The van der Waals surface area contributed by atoms with Crippen molar-refractivity contribution in [1.29, 1.82) is 0 Å². The second-order valence-corrected chi connectivity index (χ2v) is 13.6. The highest BCUT2D eigenvalue weighted by Gasteiger charge is 2.36. The van der Waals surface area contributed by atoms with Gasteiger partial charge in [-0.15, -0.1) is 0 Å². The fourth-order valence-electron chi connectivity index (χ4n) is 5.04. The SMILES string of the molecule is C/C(=C/[C@H](C)S(C)(=O)=O)[C@H](O[C@@H](C)c1c(C(C)C)cc(C(C)C)cc1C(C)C)[C@H]1CCCC1=O. The van der Waals surface area contributed by atoms with Crippen molar-refractivity contribution < 1.29 is 17.9 Å². The standard InChI is InChI=1S/C29H46O4S/c1-17(2)23-15-25(18(3)4)28(26(16-23)19(5)6)22(9)33-29(24-12-11-13-27(24)30)20(7)14-21(8)34(10,31)32/h14-19,21-22,24,29H,11-13H2,1-10H3/b20-14-/t21-,22-,24-,29-/m0/s1. The lowest BCUT2D eigenvalue weighted by molar-refractivity contribution is -0.125. The summed E-state index contributed by atoms with van der Waals surface area (Å²) in [6, 6.07) is 4.64. The monoisotopic (exact) mass is 490 g/mol. The molecule has 0 heterocycles. The number of ketones is 1. The van der Waals surface area contributed by atoms with E-state index in [9.17, 15) is 13.2 Å². The Balaban J connectivity index is 2.58. The molecule has 0 saturated heterocycles. The van der Waals surface area contributed by atoms with E-state index in [2.05, 4.69) is 60.6 Å². The van der Waals surface area contributed by atoms with E-state index in [4.69, 9.17) is 4.74 Å². The van der Waals surface area contributed by atoms with Crippen molar-refractivity contribution in [1.82, 2.24) is 0 Å². The highest BCUT2D eigenvalue weighted by Crippen LogP contribution is 2.40. The number of rotatable bonds is 10. The molecule has 0 bridgehead atoms. The molecular formula is C29H46O4S. The Labute approximate surface area is 208 Å². The molecule has 0 aliphatic heterocycles. The predicted octanol–water partition coefficient (Wildman–Crippen LogP) is 7.25. The second kappa shape index (κ2) is 11.5. The summed E-state index contributed by atoms with van der Waals surface area (Å²) in [5.74, 6) is 1.12. The molecule has 1 aromatic rings. The van der Waals surface area contributed by atoms with Crippen molar-refractivity contribution in [2.45, 2.75) is 117 Å². The fourth-order valence-corrected chi connectivity index (χ4v) is 5.50. The zero-order valence-corrected chi connectivity index (χ0v) is 23.8. The van der Waals surface area contributed by atoms with Crippen molar-refractivity contribution in [3.63, 3.8) is 0 Å². The van der Waals surface area contributed by atoms with Gasteiger partial charge in [0, 0.05) is 18.6 Å². The highest BCUT2D eigenvalue weighted by molar-refractivity contribution is 7.91. The van der Waals surface area contributed by atoms with Crippen LogP contribution in [0.3, 0.4) is 0 Å². The topological polar surface area (TPSA) is 60.4 Å². The lowest BCUT2D eigenvalue weighted by atomic mass is 9.82. The van der Waals surface area contributed by atoms with E-state index < -0.39 is 21.2 Å². The first-order valence-corrected chi connectivity index (χ1v) is 14.8. The maximum atomic E-state index is 12.8. The lowest BCUT2D eigenvalue weighted by Gasteiger charge is -2.32. The van der Waals surface area contributed by atoms with Crippen LogP contribution in [0.25, 0.3) is 0 Å². The van der Waals surface area contributed by atoms with Crippen LogP contribution in [-0.2, 0) is 19.4 Å². The van der Waals surface area contributed by atoms with Crippen molar-refractivity contribution in [3.8, 4) is 0 Å². The van der Waals surface area contributed by atoms with E-state index in [1.807, 2.05) is 6.92 Å². The summed E-state index contributed by atoms with van der Waals surface area (Å²) >= 11 is 0. The van der Waals surface area contributed by atoms with Gasteiger partial charge in [-0.2, -0.15) is 0 Å². The minimum atomic E-state index is -3.21. The lowest BCUT2D eigenvalue weighted by Crippen LogP contribution is -2.31. The van der Waals surface area contributed by atoms with E-state index in [1.165, 1.54) is 28.5 Å². The molecule has 192 valence electrons. The number of benzene rings is 1. The third-order valence-electron chi connectivity index (χ3n) is 7.27. The quantitative estimate of drug-likeness (QED) is 0.324. The molecule has 1 aliphatic rings. The molecular weight excluding hydrogens is 444 g/mol. The maximum Gasteiger partial charge on any atom is 0.153 e. The van der Waals surface area contributed by atoms with Crippen LogP contribution in [0.2, 0.25) is 0 Å². The van der Waals surface area contributed by atoms with Gasteiger partial charge in [0.2, 0.25) is 0 Å². The number of carbonyl (C=O) groups excluding carboxylic acids is 1. The first-order valence-electron chi connectivity index (χ1n) is 12.9. The zero-order valence-electron chi connectivity index (χ0n) is 22.9. The molecule has 0 amide bonds. The Morgan fingerprint density at radius 1 is 0.971 bits per heavy atom. The van der Waals surface area contributed by atoms with E-state index in [-0.39, 0.29) is 17.8 Å². The molecule has 0 N–H and O–H groups in total. The van der Waals surface area contributed by atoms with Crippen molar-refractivity contribution in [2.24, 2.45) is 5.92 Å². The number of carbonyl (C=O) groups is 1. The second-order valence-electron chi connectivity index (χ2n) is 11.2. The molecule has 0 unspecified atom stereocenters. The Kier molecular flexibility index (Phi) is 9.75. The van der Waals surface area contributed by atoms with Crippen LogP contribution in [0.4, 0.5) is 0 Å². The van der Waals surface area contributed by atoms with Crippen molar-refractivity contribution in [3.05, 3.63) is 46.0 Å². The van der Waals surface area contributed by atoms with Gasteiger partial charge < -0.3 is 4.74 Å². The van der Waals surface area contributed by atoms with Crippen LogP contribution in [0.1, 0.15) is 128 Å². The van der Waals surface area contributed by atoms with Gasteiger partial charge in [-0.05, 0) is 79.2 Å². The Bertz CT molecular complexity index is 972. The molecule has 0 radical (unpaired) electrons. The van der Waals surface area contributed by atoms with E-state index in [0.717, 1.165) is 18.4 Å². The summed E-state index contributed by atoms with van der Waals surface area (Å²) < 4.78 is 30.9. The number of sulfone groups is 1. The van der Waals surface area contributed by atoms with Crippen LogP contribution in [-0.4, -0.2) is 31.8 Å². The first kappa shape index (κ1) is 28.8. The number of Topliss-reactive ketones (excluding diaryl/α,β-unsaturated/α-hetero) is 1. The molecule has 0 spiro atoms. The van der Waals surface area contributed by atoms with Crippen LogP contribution in [0.15, 0.2) is 23.8 Å². The van der Waals surface area contributed by atoms with Crippen LogP contribution >= 0.6 is 0 Å². The van der Waals surface area contributed by atoms with Gasteiger partial charge in [-0.25, -0.2) is 8.42 Å². The average Bonchev–Trinajstić information content (AvgIpc) is 3.15. The smallest absolute Gasteiger partial charge is 0.153 e. The Hall–Kier alpha value is -1.46. The third kappa shape index (κ3) is 6.81. The predicted molar refractivity (Wildman–Crippen MR) is 142 cm³/mol. The maximum absolute atomic E-state index is 12.8. The van der Waals surface area contributed by atoms with Crippen LogP contribution in [0, 0.1) is 5.92 Å². The minimum absolute atomic E-state index is 0.216. The van der Waals surface area contributed by atoms with Gasteiger partial charge in [-0.3, -0.25) is 4.79 Å². The molecule has 5 heteroatoms. The average molecular weight is 491 g/mol. The highest BCUT2D eigenvalue weighted by atomic mass is 32.2. The van der Waals surface area contributed by atoms with Gasteiger partial charge >= 0.3 is 0 Å². The fraction of sp³-hybridized carbons (Fsp3) is 0.690. The van der Waals surface area contributed by atoms with Gasteiger partial charge in [-0.1, -0.05) is 59.8 Å². The van der Waals surface area contributed by atoms with Crippen LogP contribution in [0.5, 0.6) is 0 Å². The van der Waals surface area contributed by atoms with Crippen molar-refractivity contribution in [2.75, 3.05) is 6.26 Å². The Morgan fingerprint density at radius 3 is 1.88 bits per heavy atom. The normalized spacial score (nSPS) is 20.4. The van der Waals surface area contributed by atoms with E-state index in [1.54, 1.807) is 13.0 Å². The van der Waals surface area contributed by atoms with E-state index >= 15 is 0 Å². The summed E-state index contributed by atoms with van der Waals surface area (Å²) in [6.07, 6.45) is 4.61.